The molecule has 2 amide bonds. The predicted octanol–water partition coefficient (Wildman–Crippen LogP) is -0.498. The number of carbonyl (C=O) groups is 3. The van der Waals surface area contributed by atoms with E-state index in [2.05, 4.69) is 11.6 Å². The quantitative estimate of drug-likeness (QED) is 0.196. The van der Waals surface area contributed by atoms with Crippen LogP contribution in [0.25, 0.3) is 0 Å². The van der Waals surface area contributed by atoms with Crippen LogP contribution in [0.5, 0.6) is 0 Å². The minimum atomic E-state index is -2.11. The average Bonchev–Trinajstić information content (AvgIpc) is 3.10. The fourth-order valence-corrected chi connectivity index (χ4v) is 2.49. The Balaban J connectivity index is 3.50. The van der Waals surface area contributed by atoms with E-state index in [4.69, 9.17) is 21.6 Å². The zero-order valence-corrected chi connectivity index (χ0v) is 14.4. The van der Waals surface area contributed by atoms with Crippen LogP contribution >= 0.6 is 0 Å². The molecule has 0 aliphatic heterocycles. The molecule has 0 spiro atoms. The SMILES string of the molecule is C=CC(=O)N(C(=O)C(C)N)C(CCCN=C(N)N)(C(=O)O)c1ccco1. The van der Waals surface area contributed by atoms with Gasteiger partial charge in [0.05, 0.1) is 12.3 Å². The highest BCUT2D eigenvalue weighted by atomic mass is 16.4. The van der Waals surface area contributed by atoms with Crippen molar-refractivity contribution in [2.75, 3.05) is 6.54 Å². The zero-order chi connectivity index (χ0) is 19.9. The summed E-state index contributed by atoms with van der Waals surface area (Å²) >= 11 is 0. The van der Waals surface area contributed by atoms with Crippen LogP contribution in [0.2, 0.25) is 0 Å². The first-order chi connectivity index (χ1) is 12.2. The third kappa shape index (κ3) is 4.28. The topological polar surface area (TPSA) is 178 Å². The maximum Gasteiger partial charge on any atom is 0.338 e. The molecule has 0 bridgehead atoms. The molecule has 2 unspecified atom stereocenters. The van der Waals surface area contributed by atoms with Crippen LogP contribution in [-0.2, 0) is 19.9 Å². The van der Waals surface area contributed by atoms with Crippen molar-refractivity contribution in [3.8, 4) is 0 Å². The molecule has 2 atom stereocenters. The highest BCUT2D eigenvalue weighted by molar-refractivity contribution is 6.06. The Labute approximate surface area is 150 Å². The minimum Gasteiger partial charge on any atom is -0.479 e. The number of furan rings is 1. The summed E-state index contributed by atoms with van der Waals surface area (Å²) < 4.78 is 5.26. The van der Waals surface area contributed by atoms with Crippen LogP contribution in [0.15, 0.2) is 40.5 Å². The van der Waals surface area contributed by atoms with Crippen molar-refractivity contribution >= 4 is 23.7 Å². The van der Waals surface area contributed by atoms with E-state index in [0.717, 1.165) is 6.08 Å². The molecular weight excluding hydrogens is 342 g/mol. The van der Waals surface area contributed by atoms with Gasteiger partial charge in [-0.25, -0.2) is 4.79 Å². The minimum absolute atomic E-state index is 0.0978. The lowest BCUT2D eigenvalue weighted by Gasteiger charge is -2.38. The predicted molar refractivity (Wildman–Crippen MR) is 93.6 cm³/mol. The third-order valence-electron chi connectivity index (χ3n) is 3.66. The molecular formula is C16H23N5O5. The Kier molecular flexibility index (Phi) is 7.08. The Morgan fingerprint density at radius 1 is 1.46 bits per heavy atom. The van der Waals surface area contributed by atoms with Gasteiger partial charge in [-0.1, -0.05) is 6.58 Å². The van der Waals surface area contributed by atoms with Gasteiger partial charge in [0.15, 0.2) is 5.96 Å². The molecule has 1 heterocycles. The van der Waals surface area contributed by atoms with E-state index in [-0.39, 0.29) is 31.1 Å². The molecule has 0 fully saturated rings. The van der Waals surface area contributed by atoms with Gasteiger partial charge in [0.25, 0.3) is 5.91 Å². The number of aliphatic carboxylic acids is 1. The number of hydrogen-bond acceptors (Lipinski definition) is 6. The highest BCUT2D eigenvalue weighted by Gasteiger charge is 2.53. The van der Waals surface area contributed by atoms with Gasteiger partial charge in [-0.15, -0.1) is 0 Å². The molecule has 7 N–H and O–H groups in total. The number of carbonyl (C=O) groups excluding carboxylic acids is 2. The summed E-state index contributed by atoms with van der Waals surface area (Å²) in [5.41, 5.74) is 14.0. The molecule has 0 saturated carbocycles. The molecule has 0 saturated heterocycles. The zero-order valence-electron chi connectivity index (χ0n) is 14.4. The third-order valence-corrected chi connectivity index (χ3v) is 3.66. The second kappa shape index (κ2) is 8.81. The van der Waals surface area contributed by atoms with Crippen molar-refractivity contribution in [1.29, 1.82) is 0 Å². The van der Waals surface area contributed by atoms with Crippen LogP contribution in [0, 0.1) is 0 Å². The summed E-state index contributed by atoms with van der Waals surface area (Å²) in [6.45, 7) is 4.78. The fourth-order valence-electron chi connectivity index (χ4n) is 2.49. The van der Waals surface area contributed by atoms with E-state index in [0.29, 0.717) is 4.90 Å². The Hall–Kier alpha value is -3.14. The molecule has 0 aliphatic rings. The first-order valence-corrected chi connectivity index (χ1v) is 7.77. The number of guanidine groups is 1. The van der Waals surface area contributed by atoms with Crippen molar-refractivity contribution < 1.29 is 23.9 Å². The average molecular weight is 365 g/mol. The van der Waals surface area contributed by atoms with E-state index in [1.165, 1.54) is 25.3 Å². The number of amides is 2. The molecule has 0 aliphatic carbocycles. The second-order valence-electron chi connectivity index (χ2n) is 5.56. The molecule has 142 valence electrons. The Morgan fingerprint density at radius 3 is 2.54 bits per heavy atom. The fraction of sp³-hybridized carbons (Fsp3) is 0.375. The molecule has 10 heteroatoms. The van der Waals surface area contributed by atoms with E-state index in [1.807, 2.05) is 0 Å². The van der Waals surface area contributed by atoms with E-state index in [9.17, 15) is 19.5 Å². The first-order valence-electron chi connectivity index (χ1n) is 7.77. The number of carboxylic acid groups (broad SMARTS) is 1. The van der Waals surface area contributed by atoms with Gasteiger partial charge >= 0.3 is 5.97 Å². The lowest BCUT2D eigenvalue weighted by molar-refractivity contribution is -0.168. The van der Waals surface area contributed by atoms with Gasteiger partial charge in [-0.3, -0.25) is 19.5 Å². The maximum atomic E-state index is 12.6. The maximum absolute atomic E-state index is 12.6. The summed E-state index contributed by atoms with van der Waals surface area (Å²) in [6.07, 6.45) is 2.05. The standard InChI is InChI=1S/C16H23N5O5/c1-3-12(22)21(13(23)10(2)17)16(14(24)25,11-6-4-9-26-11)7-5-8-20-15(18)19/h3-4,6,9-10H,1,5,7-8,17H2,2H3,(H,24,25)(H4,18,19,20). The monoisotopic (exact) mass is 365 g/mol. The lowest BCUT2D eigenvalue weighted by Crippen LogP contribution is -2.60. The van der Waals surface area contributed by atoms with Crippen molar-refractivity contribution in [2.45, 2.75) is 31.3 Å². The van der Waals surface area contributed by atoms with Gasteiger partial charge in [-0.2, -0.15) is 0 Å². The van der Waals surface area contributed by atoms with Crippen molar-refractivity contribution in [3.63, 3.8) is 0 Å². The molecule has 1 rings (SSSR count). The number of carboxylic acids is 1. The van der Waals surface area contributed by atoms with Crippen molar-refractivity contribution in [2.24, 2.45) is 22.2 Å². The highest BCUT2D eigenvalue weighted by Crippen LogP contribution is 2.35. The number of imide groups is 1. The number of nitrogens with two attached hydrogens (primary N) is 3. The summed E-state index contributed by atoms with van der Waals surface area (Å²) in [4.78, 5) is 41.6. The first kappa shape index (κ1) is 20.9. The molecule has 1 aromatic rings. The Morgan fingerprint density at radius 2 is 2.12 bits per heavy atom. The molecule has 1 aromatic heterocycles. The number of hydrogen-bond donors (Lipinski definition) is 4. The van der Waals surface area contributed by atoms with Gasteiger partial charge in [0.1, 0.15) is 5.76 Å². The Bertz CT molecular complexity index is 694. The van der Waals surface area contributed by atoms with Crippen molar-refractivity contribution in [3.05, 3.63) is 36.8 Å². The van der Waals surface area contributed by atoms with Crippen LogP contribution in [0.4, 0.5) is 0 Å². The summed E-state index contributed by atoms with van der Waals surface area (Å²) in [5, 5.41) is 9.98. The van der Waals surface area contributed by atoms with Crippen LogP contribution < -0.4 is 17.2 Å². The number of nitrogens with zero attached hydrogens (tertiary/aromatic N) is 2. The van der Waals surface area contributed by atoms with Crippen molar-refractivity contribution in [1.82, 2.24) is 4.90 Å². The summed E-state index contributed by atoms with van der Waals surface area (Å²) in [6, 6.07) is 1.70. The van der Waals surface area contributed by atoms with Gasteiger partial charge in [-0.05, 0) is 38.0 Å². The molecule has 26 heavy (non-hydrogen) atoms. The largest absolute Gasteiger partial charge is 0.479 e. The summed E-state index contributed by atoms with van der Waals surface area (Å²) in [5.74, 6) is -3.50. The van der Waals surface area contributed by atoms with Gasteiger partial charge < -0.3 is 26.7 Å². The van der Waals surface area contributed by atoms with Gasteiger partial charge in [0.2, 0.25) is 11.4 Å². The van der Waals surface area contributed by atoms with E-state index >= 15 is 0 Å². The lowest BCUT2D eigenvalue weighted by atomic mass is 9.87. The van der Waals surface area contributed by atoms with Crippen LogP contribution in [0.1, 0.15) is 25.5 Å². The van der Waals surface area contributed by atoms with E-state index in [1.54, 1.807) is 0 Å². The molecule has 0 radical (unpaired) electrons. The van der Waals surface area contributed by atoms with E-state index < -0.39 is 29.4 Å². The van der Waals surface area contributed by atoms with Crippen LogP contribution in [0.3, 0.4) is 0 Å². The molecule has 0 aromatic carbocycles. The molecule has 10 nitrogen and oxygen atoms in total. The summed E-state index contributed by atoms with van der Waals surface area (Å²) in [7, 11) is 0. The second-order valence-corrected chi connectivity index (χ2v) is 5.56. The van der Waals surface area contributed by atoms with Crippen LogP contribution in [-0.4, -0.2) is 46.3 Å². The smallest absolute Gasteiger partial charge is 0.338 e. The number of aliphatic imine (C=N–C) groups is 1. The van der Waals surface area contributed by atoms with Gasteiger partial charge in [0, 0.05) is 6.54 Å². The number of rotatable bonds is 9. The normalized spacial score (nSPS) is 13.9.